The topological polar surface area (TPSA) is 69.6 Å². The molecule has 0 fully saturated rings. The van der Waals surface area contributed by atoms with Crippen molar-refractivity contribution in [1.29, 1.82) is 0 Å². The highest BCUT2D eigenvalue weighted by atomic mass is 79.9. The van der Waals surface area contributed by atoms with Crippen LogP contribution in [-0.4, -0.2) is 19.5 Å². The number of nitrogens with two attached hydrogens (primary N) is 1. The van der Waals surface area contributed by atoms with Gasteiger partial charge in [-0.15, -0.1) is 17.0 Å². The molecule has 0 aliphatic carbocycles. The number of hydrogen-bond donors (Lipinski definition) is 1. The van der Waals surface area contributed by atoms with Crippen LogP contribution in [0.4, 0.5) is 5.95 Å². The molecule has 17 heavy (non-hydrogen) atoms. The van der Waals surface area contributed by atoms with Crippen molar-refractivity contribution in [3.05, 3.63) is 24.0 Å². The molecular weight excluding hydrogens is 282 g/mol. The van der Waals surface area contributed by atoms with Gasteiger partial charge in [0.1, 0.15) is 11.0 Å². The van der Waals surface area contributed by atoms with Crippen molar-refractivity contribution in [2.24, 2.45) is 7.05 Å². The Balaban J connectivity index is 0.00000108. The number of benzene rings is 1. The average Bonchev–Trinajstić information content (AvgIpc) is 2.56. The molecular formula is C11H12BrN5. The highest BCUT2D eigenvalue weighted by molar-refractivity contribution is 8.93. The number of hydrogen-bond acceptors (Lipinski definition) is 4. The van der Waals surface area contributed by atoms with Gasteiger partial charge in [-0.2, -0.15) is 0 Å². The van der Waals surface area contributed by atoms with Crippen LogP contribution >= 0.6 is 17.0 Å². The Kier molecular flexibility index (Phi) is 2.74. The Bertz CT molecular complexity index is 704. The van der Waals surface area contributed by atoms with E-state index in [2.05, 4.69) is 15.0 Å². The van der Waals surface area contributed by atoms with Crippen LogP contribution < -0.4 is 5.73 Å². The molecule has 1 aromatic carbocycles. The van der Waals surface area contributed by atoms with Crippen molar-refractivity contribution in [2.45, 2.75) is 6.92 Å². The van der Waals surface area contributed by atoms with Crippen LogP contribution in [0.3, 0.4) is 0 Å². The summed E-state index contributed by atoms with van der Waals surface area (Å²) in [7, 11) is 1.89. The molecule has 3 aromatic rings. The van der Waals surface area contributed by atoms with E-state index in [9.17, 15) is 0 Å². The van der Waals surface area contributed by atoms with Crippen LogP contribution in [0, 0.1) is 6.92 Å². The first kappa shape index (κ1) is 11.8. The SMILES string of the molecule is Br.Cc1cnc2ccc3c(nc(N)n3C)c2n1. The molecule has 2 heterocycles. The zero-order valence-electron chi connectivity index (χ0n) is 9.51. The normalized spacial score (nSPS) is 10.7. The summed E-state index contributed by atoms with van der Waals surface area (Å²) in [4.78, 5) is 13.1. The average molecular weight is 294 g/mol. The molecule has 0 unspecified atom stereocenters. The third kappa shape index (κ3) is 1.64. The van der Waals surface area contributed by atoms with Gasteiger partial charge in [0.2, 0.25) is 5.95 Å². The van der Waals surface area contributed by atoms with Crippen molar-refractivity contribution in [3.8, 4) is 0 Å². The summed E-state index contributed by atoms with van der Waals surface area (Å²) in [6, 6.07) is 3.90. The number of aromatic nitrogens is 4. The van der Waals surface area contributed by atoms with Gasteiger partial charge in [0, 0.05) is 13.2 Å². The minimum Gasteiger partial charge on any atom is -0.369 e. The maximum Gasteiger partial charge on any atom is 0.201 e. The fraction of sp³-hybridized carbons (Fsp3) is 0.182. The Morgan fingerprint density at radius 1 is 1.18 bits per heavy atom. The van der Waals surface area contributed by atoms with Gasteiger partial charge in [-0.3, -0.25) is 4.98 Å². The highest BCUT2D eigenvalue weighted by Gasteiger charge is 2.09. The third-order valence-electron chi connectivity index (χ3n) is 2.72. The third-order valence-corrected chi connectivity index (χ3v) is 2.72. The number of fused-ring (bicyclic) bond motifs is 3. The molecule has 3 rings (SSSR count). The lowest BCUT2D eigenvalue weighted by Gasteiger charge is -1.99. The van der Waals surface area contributed by atoms with Gasteiger partial charge >= 0.3 is 0 Å². The first-order valence-electron chi connectivity index (χ1n) is 5.01. The second-order valence-electron chi connectivity index (χ2n) is 3.84. The summed E-state index contributed by atoms with van der Waals surface area (Å²) in [6.07, 6.45) is 1.75. The fourth-order valence-electron chi connectivity index (χ4n) is 1.83. The number of imidazole rings is 1. The van der Waals surface area contributed by atoms with Gasteiger partial charge in [-0.05, 0) is 19.1 Å². The molecule has 0 aliphatic rings. The van der Waals surface area contributed by atoms with E-state index in [1.165, 1.54) is 0 Å². The zero-order chi connectivity index (χ0) is 11.3. The minimum atomic E-state index is 0. The number of nitrogens with zero attached hydrogens (tertiary/aromatic N) is 4. The molecule has 5 nitrogen and oxygen atoms in total. The molecule has 0 atom stereocenters. The lowest BCUT2D eigenvalue weighted by molar-refractivity contribution is 0.965. The molecule has 0 amide bonds. The first-order chi connectivity index (χ1) is 7.66. The summed E-state index contributed by atoms with van der Waals surface area (Å²) < 4.78 is 1.85. The van der Waals surface area contributed by atoms with Crippen LogP contribution in [-0.2, 0) is 7.05 Å². The van der Waals surface area contributed by atoms with Crippen LogP contribution in [0.25, 0.3) is 22.1 Å². The standard InChI is InChI=1S/C11H11N5.BrH/c1-6-5-13-7-3-4-8-10(9(7)14-6)15-11(12)16(8)2;/h3-5H,1-2H3,(H2,12,15);1H. The van der Waals surface area contributed by atoms with Crippen LogP contribution in [0.1, 0.15) is 5.69 Å². The van der Waals surface area contributed by atoms with Crippen molar-refractivity contribution in [3.63, 3.8) is 0 Å². The predicted molar refractivity (Wildman–Crippen MR) is 73.3 cm³/mol. The summed E-state index contributed by atoms with van der Waals surface area (Å²) in [5.74, 6) is 0.491. The number of anilines is 1. The molecule has 0 saturated carbocycles. The summed E-state index contributed by atoms with van der Waals surface area (Å²) in [5, 5.41) is 0. The molecule has 0 aliphatic heterocycles. The lowest BCUT2D eigenvalue weighted by atomic mass is 10.2. The monoisotopic (exact) mass is 293 g/mol. The van der Waals surface area contributed by atoms with Gasteiger partial charge < -0.3 is 10.3 Å². The quantitative estimate of drug-likeness (QED) is 0.688. The van der Waals surface area contributed by atoms with Gasteiger partial charge in [0.05, 0.1) is 16.7 Å². The number of halogens is 1. The van der Waals surface area contributed by atoms with Crippen molar-refractivity contribution >= 4 is 45.0 Å². The van der Waals surface area contributed by atoms with E-state index < -0.39 is 0 Å². The highest BCUT2D eigenvalue weighted by Crippen LogP contribution is 2.23. The van der Waals surface area contributed by atoms with E-state index in [1.54, 1.807) is 6.20 Å². The van der Waals surface area contributed by atoms with E-state index in [4.69, 9.17) is 5.73 Å². The van der Waals surface area contributed by atoms with Gasteiger partial charge in [-0.25, -0.2) is 9.97 Å². The van der Waals surface area contributed by atoms with Crippen LogP contribution in [0.5, 0.6) is 0 Å². The lowest BCUT2D eigenvalue weighted by Crippen LogP contribution is -1.95. The maximum atomic E-state index is 5.79. The molecule has 0 bridgehead atoms. The molecule has 2 aromatic heterocycles. The number of rotatable bonds is 0. The number of nitrogen functional groups attached to an aromatic ring is 1. The van der Waals surface area contributed by atoms with Crippen molar-refractivity contribution in [2.75, 3.05) is 5.73 Å². The van der Waals surface area contributed by atoms with Crippen molar-refractivity contribution in [1.82, 2.24) is 19.5 Å². The smallest absolute Gasteiger partial charge is 0.201 e. The molecule has 0 spiro atoms. The van der Waals surface area contributed by atoms with E-state index in [0.717, 1.165) is 27.8 Å². The van der Waals surface area contributed by atoms with E-state index in [1.807, 2.05) is 30.7 Å². The largest absolute Gasteiger partial charge is 0.369 e. The Labute approximate surface area is 108 Å². The Morgan fingerprint density at radius 2 is 1.94 bits per heavy atom. The van der Waals surface area contributed by atoms with Crippen LogP contribution in [0.2, 0.25) is 0 Å². The molecule has 6 heteroatoms. The summed E-state index contributed by atoms with van der Waals surface area (Å²) in [5.41, 5.74) is 10.1. The predicted octanol–water partition coefficient (Wildman–Crippen LogP) is 1.99. The van der Waals surface area contributed by atoms with E-state index in [-0.39, 0.29) is 17.0 Å². The summed E-state index contributed by atoms with van der Waals surface area (Å²) >= 11 is 0. The number of aryl methyl sites for hydroxylation is 2. The Hall–Kier alpha value is -1.69. The summed E-state index contributed by atoms with van der Waals surface area (Å²) in [6.45, 7) is 1.91. The zero-order valence-corrected chi connectivity index (χ0v) is 11.2. The second kappa shape index (κ2) is 3.96. The van der Waals surface area contributed by atoms with Gasteiger partial charge in [0.15, 0.2) is 0 Å². The van der Waals surface area contributed by atoms with Gasteiger partial charge in [-0.1, -0.05) is 0 Å². The molecule has 88 valence electrons. The minimum absolute atomic E-state index is 0. The van der Waals surface area contributed by atoms with Gasteiger partial charge in [0.25, 0.3) is 0 Å². The molecule has 2 N–H and O–H groups in total. The van der Waals surface area contributed by atoms with Crippen LogP contribution in [0.15, 0.2) is 18.3 Å². The Morgan fingerprint density at radius 3 is 2.71 bits per heavy atom. The molecule has 0 radical (unpaired) electrons. The second-order valence-corrected chi connectivity index (χ2v) is 3.84. The fourth-order valence-corrected chi connectivity index (χ4v) is 1.83. The maximum absolute atomic E-state index is 5.79. The van der Waals surface area contributed by atoms with Crippen molar-refractivity contribution < 1.29 is 0 Å². The van der Waals surface area contributed by atoms with E-state index >= 15 is 0 Å². The van der Waals surface area contributed by atoms with E-state index in [0.29, 0.717) is 5.95 Å². The molecule has 0 saturated heterocycles. The first-order valence-corrected chi connectivity index (χ1v) is 5.01.